The van der Waals surface area contributed by atoms with Gasteiger partial charge < -0.3 is 4.42 Å². The Balaban J connectivity index is 1.79. The fourth-order valence-electron chi connectivity index (χ4n) is 3.77. The Morgan fingerprint density at radius 1 is 0.889 bits per heavy atom. The van der Waals surface area contributed by atoms with Crippen LogP contribution in [0.15, 0.2) is 83.5 Å². The maximum absolute atomic E-state index is 5.96. The van der Waals surface area contributed by atoms with Gasteiger partial charge in [0.2, 0.25) is 11.4 Å². The summed E-state index contributed by atoms with van der Waals surface area (Å²) in [6.45, 7) is 2.16. The second-order valence-electron chi connectivity index (χ2n) is 6.86. The molecule has 3 heteroatoms. The number of rotatable bonds is 2. The van der Waals surface area contributed by atoms with Gasteiger partial charge in [0, 0.05) is 34.7 Å². The summed E-state index contributed by atoms with van der Waals surface area (Å²) in [6, 6.07) is 23.2. The number of fused-ring (bicyclic) bond motifs is 3. The van der Waals surface area contributed by atoms with Crippen molar-refractivity contribution in [3.8, 4) is 22.4 Å². The third kappa shape index (κ3) is 2.51. The van der Waals surface area contributed by atoms with Gasteiger partial charge in [-0.1, -0.05) is 24.3 Å². The molecular formula is C24H19N2O+. The van der Waals surface area contributed by atoms with Crippen LogP contribution in [0.5, 0.6) is 0 Å². The zero-order valence-corrected chi connectivity index (χ0v) is 15.3. The molecular weight excluding hydrogens is 332 g/mol. The second-order valence-corrected chi connectivity index (χ2v) is 6.86. The number of pyridine rings is 2. The summed E-state index contributed by atoms with van der Waals surface area (Å²) in [5, 5.41) is 2.17. The van der Waals surface area contributed by atoms with Crippen LogP contribution in [0.4, 0.5) is 0 Å². The third-order valence-electron chi connectivity index (χ3n) is 5.15. The summed E-state index contributed by atoms with van der Waals surface area (Å²) in [5.74, 6) is 0. The second kappa shape index (κ2) is 6.06. The van der Waals surface area contributed by atoms with Gasteiger partial charge in [-0.3, -0.25) is 0 Å². The van der Waals surface area contributed by atoms with Crippen LogP contribution in [0.1, 0.15) is 5.56 Å². The largest absolute Gasteiger partial charge is 0.438 e. The van der Waals surface area contributed by atoms with Crippen molar-refractivity contribution in [3.63, 3.8) is 0 Å². The molecule has 0 N–H and O–H groups in total. The van der Waals surface area contributed by atoms with Gasteiger partial charge in [-0.05, 0) is 53.9 Å². The fraction of sp³-hybridized carbons (Fsp3) is 0.0833. The van der Waals surface area contributed by atoms with Crippen LogP contribution in [-0.4, -0.2) is 4.98 Å². The molecule has 3 nitrogen and oxygen atoms in total. The van der Waals surface area contributed by atoms with E-state index in [1.165, 1.54) is 27.9 Å². The van der Waals surface area contributed by atoms with E-state index in [1.807, 2.05) is 24.3 Å². The van der Waals surface area contributed by atoms with Crippen molar-refractivity contribution >= 4 is 22.1 Å². The van der Waals surface area contributed by atoms with E-state index in [1.54, 1.807) is 6.20 Å². The van der Waals surface area contributed by atoms with Crippen molar-refractivity contribution in [2.45, 2.75) is 6.92 Å². The lowest BCUT2D eigenvalue weighted by atomic mass is 9.95. The molecule has 5 aromatic rings. The molecule has 3 heterocycles. The van der Waals surface area contributed by atoms with Crippen molar-refractivity contribution in [1.82, 2.24) is 4.98 Å². The molecule has 0 atom stereocenters. The van der Waals surface area contributed by atoms with Crippen LogP contribution in [0.2, 0.25) is 0 Å². The summed E-state index contributed by atoms with van der Waals surface area (Å²) < 4.78 is 8.11. The van der Waals surface area contributed by atoms with E-state index in [-0.39, 0.29) is 0 Å². The number of nitrogens with zero attached hydrogens (tertiary/aromatic N) is 2. The molecule has 0 saturated carbocycles. The molecule has 0 radical (unpaired) electrons. The molecule has 0 saturated heterocycles. The monoisotopic (exact) mass is 351 g/mol. The molecule has 5 rings (SSSR count). The number of furan rings is 1. The first kappa shape index (κ1) is 15.8. The van der Waals surface area contributed by atoms with E-state index in [0.717, 1.165) is 16.4 Å². The Bertz CT molecular complexity index is 1300. The van der Waals surface area contributed by atoms with Gasteiger partial charge in [-0.25, -0.2) is 9.55 Å². The van der Waals surface area contributed by atoms with Gasteiger partial charge in [-0.2, -0.15) is 0 Å². The molecule has 0 aliphatic heterocycles. The Hall–Kier alpha value is -3.46. The van der Waals surface area contributed by atoms with Crippen molar-refractivity contribution < 1.29 is 8.98 Å². The maximum atomic E-state index is 5.96. The molecule has 0 fully saturated rings. The van der Waals surface area contributed by atoms with Gasteiger partial charge in [0.05, 0.1) is 0 Å². The van der Waals surface area contributed by atoms with Gasteiger partial charge in [-0.15, -0.1) is 0 Å². The smallest absolute Gasteiger partial charge is 0.227 e. The molecule has 2 aromatic carbocycles. The zero-order valence-electron chi connectivity index (χ0n) is 15.3. The highest BCUT2D eigenvalue weighted by atomic mass is 16.3. The average Bonchev–Trinajstić information content (AvgIpc) is 3.08. The number of hydrogen-bond acceptors (Lipinski definition) is 2. The van der Waals surface area contributed by atoms with E-state index in [0.29, 0.717) is 5.71 Å². The predicted molar refractivity (Wildman–Crippen MR) is 108 cm³/mol. The normalized spacial score (nSPS) is 11.3. The maximum Gasteiger partial charge on any atom is 0.227 e. The minimum Gasteiger partial charge on any atom is -0.438 e. The minimum atomic E-state index is 0.682. The van der Waals surface area contributed by atoms with E-state index in [4.69, 9.17) is 4.42 Å². The summed E-state index contributed by atoms with van der Waals surface area (Å²) in [7, 11) is 2.08. The van der Waals surface area contributed by atoms with Crippen molar-refractivity contribution in [2.75, 3.05) is 0 Å². The summed E-state index contributed by atoms with van der Waals surface area (Å²) >= 11 is 0. The highest BCUT2D eigenvalue weighted by Crippen LogP contribution is 2.37. The molecule has 0 spiro atoms. The van der Waals surface area contributed by atoms with E-state index < -0.39 is 0 Å². The first-order chi connectivity index (χ1) is 13.2. The Morgan fingerprint density at radius 3 is 2.70 bits per heavy atom. The number of benzene rings is 2. The standard InChI is InChI=1S/C24H19N2O/c1-16-11-12-17(15-20(16)21-9-3-4-14-26(21)2)18-7-5-10-22-23(18)19-8-6-13-25-24(19)27-22/h3-15H,1-2H3/q+1. The predicted octanol–water partition coefficient (Wildman–Crippen LogP) is 5.45. The van der Waals surface area contributed by atoms with Crippen molar-refractivity contribution in [1.29, 1.82) is 0 Å². The minimum absolute atomic E-state index is 0.682. The van der Waals surface area contributed by atoms with Crippen LogP contribution < -0.4 is 4.57 Å². The van der Waals surface area contributed by atoms with Gasteiger partial charge in [0.1, 0.15) is 12.6 Å². The van der Waals surface area contributed by atoms with Crippen LogP contribution in [0.25, 0.3) is 44.5 Å². The summed E-state index contributed by atoms with van der Waals surface area (Å²) in [4.78, 5) is 4.37. The van der Waals surface area contributed by atoms with Gasteiger partial charge >= 0.3 is 0 Å². The highest BCUT2D eigenvalue weighted by Gasteiger charge is 2.16. The molecule has 0 aliphatic carbocycles. The summed E-state index contributed by atoms with van der Waals surface area (Å²) in [5.41, 5.74) is 7.58. The number of hydrogen-bond donors (Lipinski definition) is 0. The molecule has 0 unspecified atom stereocenters. The molecule has 3 aromatic heterocycles. The summed E-state index contributed by atoms with van der Waals surface area (Å²) in [6.07, 6.45) is 3.85. The average molecular weight is 351 g/mol. The lowest BCUT2D eigenvalue weighted by Gasteiger charge is -2.09. The van der Waals surface area contributed by atoms with Crippen molar-refractivity contribution in [3.05, 3.63) is 84.7 Å². The Labute approximate surface area is 157 Å². The van der Waals surface area contributed by atoms with Crippen LogP contribution in [-0.2, 0) is 7.05 Å². The lowest BCUT2D eigenvalue weighted by Crippen LogP contribution is -2.30. The highest BCUT2D eigenvalue weighted by molar-refractivity contribution is 6.11. The number of aromatic nitrogens is 2. The van der Waals surface area contributed by atoms with Gasteiger partial charge in [0.15, 0.2) is 6.20 Å². The molecule has 27 heavy (non-hydrogen) atoms. The lowest BCUT2D eigenvalue weighted by molar-refractivity contribution is -0.660. The van der Waals surface area contributed by atoms with Crippen LogP contribution in [0.3, 0.4) is 0 Å². The zero-order chi connectivity index (χ0) is 18.4. The molecule has 0 amide bonds. The topological polar surface area (TPSA) is 29.9 Å². The van der Waals surface area contributed by atoms with Gasteiger partial charge in [0.25, 0.3) is 0 Å². The van der Waals surface area contributed by atoms with Crippen molar-refractivity contribution in [2.24, 2.45) is 7.05 Å². The van der Waals surface area contributed by atoms with E-state index in [2.05, 4.69) is 72.2 Å². The third-order valence-corrected chi connectivity index (χ3v) is 5.15. The fourth-order valence-corrected chi connectivity index (χ4v) is 3.77. The van der Waals surface area contributed by atoms with Crippen LogP contribution in [0, 0.1) is 6.92 Å². The SMILES string of the molecule is Cc1ccc(-c2cccc3oc4ncccc4c23)cc1-c1cccc[n+]1C. The first-order valence-electron chi connectivity index (χ1n) is 9.05. The van der Waals surface area contributed by atoms with E-state index in [9.17, 15) is 0 Å². The first-order valence-corrected chi connectivity index (χ1v) is 9.05. The van der Waals surface area contributed by atoms with Crippen LogP contribution >= 0.6 is 0 Å². The Kier molecular flexibility index (Phi) is 3.54. The molecule has 130 valence electrons. The number of aryl methyl sites for hydroxylation is 2. The quantitative estimate of drug-likeness (QED) is 0.396. The molecule has 0 bridgehead atoms. The molecule has 0 aliphatic rings. The Morgan fingerprint density at radius 2 is 1.81 bits per heavy atom. The van der Waals surface area contributed by atoms with E-state index >= 15 is 0 Å².